The lowest BCUT2D eigenvalue weighted by Crippen LogP contribution is -2.39. The average molecular weight is 272 g/mol. The van der Waals surface area contributed by atoms with Gasteiger partial charge in [-0.3, -0.25) is 0 Å². The van der Waals surface area contributed by atoms with E-state index in [9.17, 15) is 0 Å². The summed E-state index contributed by atoms with van der Waals surface area (Å²) in [6.45, 7) is 8.83. The molecule has 1 rings (SSSR count). The van der Waals surface area contributed by atoms with E-state index >= 15 is 0 Å². The van der Waals surface area contributed by atoms with Crippen molar-refractivity contribution in [2.24, 2.45) is 11.1 Å². The lowest BCUT2D eigenvalue weighted by atomic mass is 9.88. The van der Waals surface area contributed by atoms with Gasteiger partial charge in [-0.2, -0.15) is 11.8 Å². The summed E-state index contributed by atoms with van der Waals surface area (Å²) in [4.78, 5) is 0. The van der Waals surface area contributed by atoms with Crippen molar-refractivity contribution in [3.8, 4) is 0 Å². The summed E-state index contributed by atoms with van der Waals surface area (Å²) in [7, 11) is 0. The molecule has 0 saturated carbocycles. The van der Waals surface area contributed by atoms with E-state index in [4.69, 9.17) is 17.3 Å². The molecule has 0 aliphatic carbocycles. The highest BCUT2D eigenvalue weighted by Crippen LogP contribution is 2.34. The van der Waals surface area contributed by atoms with E-state index in [0.29, 0.717) is 5.25 Å². The van der Waals surface area contributed by atoms with E-state index in [0.717, 1.165) is 10.8 Å². The molecule has 1 aromatic carbocycles. The molecule has 0 saturated heterocycles. The van der Waals surface area contributed by atoms with Crippen molar-refractivity contribution < 1.29 is 0 Å². The normalized spacial score (nSPS) is 15.6. The molecule has 2 atom stereocenters. The van der Waals surface area contributed by atoms with Crippen molar-refractivity contribution >= 4 is 23.4 Å². The molecule has 17 heavy (non-hydrogen) atoms. The van der Waals surface area contributed by atoms with Crippen molar-refractivity contribution in [3.63, 3.8) is 0 Å². The largest absolute Gasteiger partial charge is 0.327 e. The van der Waals surface area contributed by atoms with Crippen LogP contribution in [0.3, 0.4) is 0 Å². The van der Waals surface area contributed by atoms with E-state index in [1.165, 1.54) is 5.56 Å². The predicted octanol–water partition coefficient (Wildman–Crippen LogP) is 4.34. The molecule has 3 heteroatoms. The van der Waals surface area contributed by atoms with Crippen molar-refractivity contribution in [1.82, 2.24) is 0 Å². The summed E-state index contributed by atoms with van der Waals surface area (Å²) >= 11 is 7.80. The van der Waals surface area contributed by atoms with Gasteiger partial charge in [0.05, 0.1) is 0 Å². The molecular weight excluding hydrogens is 250 g/mol. The molecule has 0 aliphatic rings. The maximum Gasteiger partial charge on any atom is 0.0406 e. The van der Waals surface area contributed by atoms with Crippen LogP contribution >= 0.6 is 23.4 Å². The quantitative estimate of drug-likeness (QED) is 0.882. The van der Waals surface area contributed by atoms with Gasteiger partial charge in [0.1, 0.15) is 0 Å². The van der Waals surface area contributed by atoms with Gasteiger partial charge in [-0.05, 0) is 30.0 Å². The van der Waals surface area contributed by atoms with Crippen LogP contribution in [0.5, 0.6) is 0 Å². The van der Waals surface area contributed by atoms with Crippen LogP contribution in [0.15, 0.2) is 24.3 Å². The van der Waals surface area contributed by atoms with E-state index in [2.05, 4.69) is 39.8 Å². The fraction of sp³-hybridized carbons (Fsp3) is 0.571. The smallest absolute Gasteiger partial charge is 0.0406 e. The minimum absolute atomic E-state index is 0.201. The third-order valence-corrected chi connectivity index (χ3v) is 4.92. The number of hydrogen-bond acceptors (Lipinski definition) is 2. The first-order valence-electron chi connectivity index (χ1n) is 5.92. The van der Waals surface area contributed by atoms with E-state index in [1.54, 1.807) is 0 Å². The van der Waals surface area contributed by atoms with Gasteiger partial charge in [0.15, 0.2) is 0 Å². The lowest BCUT2D eigenvalue weighted by molar-refractivity contribution is 0.363. The second kappa shape index (κ2) is 6.12. The molecule has 0 spiro atoms. The Kier molecular flexibility index (Phi) is 5.36. The minimum atomic E-state index is 0.201. The third kappa shape index (κ3) is 4.90. The van der Waals surface area contributed by atoms with E-state index in [-0.39, 0.29) is 11.5 Å². The average Bonchev–Trinajstić information content (AvgIpc) is 2.18. The number of benzene rings is 1. The summed E-state index contributed by atoms with van der Waals surface area (Å²) in [6.07, 6.45) is 0. The summed E-state index contributed by atoms with van der Waals surface area (Å²) in [5, 5.41) is 1.25. The second-order valence-electron chi connectivity index (χ2n) is 5.58. The van der Waals surface area contributed by atoms with Gasteiger partial charge in [-0.15, -0.1) is 0 Å². The van der Waals surface area contributed by atoms with Crippen LogP contribution in [0.1, 0.15) is 33.3 Å². The highest BCUT2D eigenvalue weighted by molar-refractivity contribution is 7.99. The Bertz CT molecular complexity index is 340. The first kappa shape index (κ1) is 14.9. The Hall–Kier alpha value is -0.180. The fourth-order valence-corrected chi connectivity index (χ4v) is 3.45. The maximum atomic E-state index is 6.07. The van der Waals surface area contributed by atoms with Gasteiger partial charge in [0, 0.05) is 22.1 Å². The van der Waals surface area contributed by atoms with E-state index < -0.39 is 0 Å². The molecule has 0 aliphatic heterocycles. The molecule has 0 aromatic heterocycles. The first-order valence-corrected chi connectivity index (χ1v) is 7.35. The number of halogens is 1. The van der Waals surface area contributed by atoms with Crippen LogP contribution in [0.4, 0.5) is 0 Å². The van der Waals surface area contributed by atoms with Crippen LogP contribution in [-0.2, 0) is 5.75 Å². The fourth-order valence-electron chi connectivity index (χ4n) is 1.96. The van der Waals surface area contributed by atoms with Crippen LogP contribution in [0.25, 0.3) is 0 Å². The Labute approximate surface area is 114 Å². The zero-order valence-electron chi connectivity index (χ0n) is 11.0. The minimum Gasteiger partial charge on any atom is -0.327 e. The summed E-state index contributed by atoms with van der Waals surface area (Å²) in [5.41, 5.74) is 7.60. The van der Waals surface area contributed by atoms with Crippen LogP contribution in [0.2, 0.25) is 5.02 Å². The zero-order valence-corrected chi connectivity index (χ0v) is 12.6. The van der Waals surface area contributed by atoms with Crippen LogP contribution < -0.4 is 5.73 Å². The molecular formula is C14H22ClNS. The monoisotopic (exact) mass is 271 g/mol. The number of rotatable bonds is 4. The molecule has 2 N–H and O–H groups in total. The van der Waals surface area contributed by atoms with Gasteiger partial charge in [0.25, 0.3) is 0 Å². The van der Waals surface area contributed by atoms with Gasteiger partial charge >= 0.3 is 0 Å². The molecule has 0 radical (unpaired) electrons. The molecule has 0 heterocycles. The van der Waals surface area contributed by atoms with Crippen molar-refractivity contribution in [1.29, 1.82) is 0 Å². The van der Waals surface area contributed by atoms with Gasteiger partial charge in [0.2, 0.25) is 0 Å². The Balaban J connectivity index is 2.61. The SMILES string of the molecule is CC(N)C(SCc1ccc(Cl)cc1)C(C)(C)C. The summed E-state index contributed by atoms with van der Waals surface area (Å²) in [5.74, 6) is 0.987. The number of thioether (sulfide) groups is 1. The van der Waals surface area contributed by atoms with Crippen LogP contribution in [0, 0.1) is 5.41 Å². The molecule has 1 nitrogen and oxygen atoms in total. The number of hydrogen-bond donors (Lipinski definition) is 1. The molecule has 0 amide bonds. The third-order valence-electron chi connectivity index (χ3n) is 2.67. The lowest BCUT2D eigenvalue weighted by Gasteiger charge is -2.33. The van der Waals surface area contributed by atoms with Crippen LogP contribution in [-0.4, -0.2) is 11.3 Å². The number of nitrogens with two attached hydrogens (primary N) is 1. The molecule has 1 aromatic rings. The van der Waals surface area contributed by atoms with Crippen molar-refractivity contribution in [2.75, 3.05) is 0 Å². The second-order valence-corrected chi connectivity index (χ2v) is 7.15. The van der Waals surface area contributed by atoms with Crippen molar-refractivity contribution in [2.45, 2.75) is 44.7 Å². The standard InChI is InChI=1S/C14H22ClNS/c1-10(16)13(14(2,3)4)17-9-11-5-7-12(15)8-6-11/h5-8,10,13H,9,16H2,1-4H3. The van der Waals surface area contributed by atoms with Gasteiger partial charge < -0.3 is 5.73 Å². The first-order chi connectivity index (χ1) is 7.80. The highest BCUT2D eigenvalue weighted by atomic mass is 35.5. The molecule has 0 bridgehead atoms. The molecule has 2 unspecified atom stereocenters. The molecule has 96 valence electrons. The maximum absolute atomic E-state index is 6.07. The Morgan fingerprint density at radius 3 is 2.18 bits per heavy atom. The van der Waals surface area contributed by atoms with Gasteiger partial charge in [-0.25, -0.2) is 0 Å². The highest BCUT2D eigenvalue weighted by Gasteiger charge is 2.28. The van der Waals surface area contributed by atoms with E-state index in [1.807, 2.05) is 23.9 Å². The van der Waals surface area contributed by atoms with Crippen molar-refractivity contribution in [3.05, 3.63) is 34.9 Å². The summed E-state index contributed by atoms with van der Waals surface area (Å²) in [6, 6.07) is 8.24. The zero-order chi connectivity index (χ0) is 13.1. The van der Waals surface area contributed by atoms with Gasteiger partial charge in [-0.1, -0.05) is 44.5 Å². The summed E-state index contributed by atoms with van der Waals surface area (Å²) < 4.78 is 0. The predicted molar refractivity (Wildman–Crippen MR) is 79.6 cm³/mol. The Morgan fingerprint density at radius 2 is 1.76 bits per heavy atom. The Morgan fingerprint density at radius 1 is 1.24 bits per heavy atom. The topological polar surface area (TPSA) is 26.0 Å². The molecule has 0 fully saturated rings.